The van der Waals surface area contributed by atoms with E-state index in [-0.39, 0.29) is 0 Å². The fraction of sp³-hybridized carbons (Fsp3) is 0.533. The fourth-order valence-corrected chi connectivity index (χ4v) is 1.76. The summed E-state index contributed by atoms with van der Waals surface area (Å²) in [7, 11) is 0. The van der Waals surface area contributed by atoms with Crippen molar-refractivity contribution in [3.63, 3.8) is 0 Å². The van der Waals surface area contributed by atoms with Gasteiger partial charge < -0.3 is 5.11 Å². The summed E-state index contributed by atoms with van der Waals surface area (Å²) in [4.78, 5) is 11.6. The van der Waals surface area contributed by atoms with E-state index >= 15 is 0 Å². The molecule has 0 aliphatic heterocycles. The second kappa shape index (κ2) is 5.53. The largest absolute Gasteiger partial charge is 0.480 e. The molecule has 0 amide bonds. The number of nitrogens with one attached hydrogen (secondary N) is 1. The molecule has 0 fully saturated rings. The van der Waals surface area contributed by atoms with Crippen LogP contribution in [0.1, 0.15) is 37.5 Å². The van der Waals surface area contributed by atoms with E-state index in [0.717, 1.165) is 11.1 Å². The summed E-state index contributed by atoms with van der Waals surface area (Å²) >= 11 is 0. The third-order valence-electron chi connectivity index (χ3n) is 3.38. The molecular weight excluding hydrogens is 226 g/mol. The predicted molar refractivity (Wildman–Crippen MR) is 73.7 cm³/mol. The highest BCUT2D eigenvalue weighted by molar-refractivity contribution is 5.80. The smallest absolute Gasteiger partial charge is 0.328 e. The van der Waals surface area contributed by atoms with Crippen LogP contribution in [0.15, 0.2) is 18.2 Å². The molecule has 0 spiro atoms. The van der Waals surface area contributed by atoms with Crippen LogP contribution < -0.4 is 5.32 Å². The van der Waals surface area contributed by atoms with Crippen molar-refractivity contribution in [1.82, 2.24) is 5.32 Å². The second-order valence-corrected chi connectivity index (χ2v) is 5.50. The molecule has 0 saturated carbocycles. The first-order chi connectivity index (χ1) is 8.27. The maximum absolute atomic E-state index is 11.6. The molecular formula is C15H23NO2. The fourth-order valence-electron chi connectivity index (χ4n) is 1.76. The van der Waals surface area contributed by atoms with Crippen molar-refractivity contribution in [3.8, 4) is 0 Å². The van der Waals surface area contributed by atoms with Crippen LogP contribution in [0.25, 0.3) is 0 Å². The zero-order valence-corrected chi connectivity index (χ0v) is 11.9. The summed E-state index contributed by atoms with van der Waals surface area (Å²) in [5.74, 6) is -0.429. The number of carboxylic acid groups (broad SMARTS) is 1. The zero-order valence-electron chi connectivity index (χ0n) is 11.9. The average Bonchev–Trinajstić information content (AvgIpc) is 2.29. The van der Waals surface area contributed by atoms with Crippen LogP contribution in [0.3, 0.4) is 0 Å². The van der Waals surface area contributed by atoms with E-state index in [0.29, 0.717) is 12.5 Å². The molecule has 0 bridgehead atoms. The first-order valence-corrected chi connectivity index (χ1v) is 6.33. The molecule has 0 aliphatic carbocycles. The molecule has 1 unspecified atom stereocenters. The minimum Gasteiger partial charge on any atom is -0.480 e. The first kappa shape index (κ1) is 14.7. The quantitative estimate of drug-likeness (QED) is 0.843. The highest BCUT2D eigenvalue weighted by Gasteiger charge is 2.34. The van der Waals surface area contributed by atoms with Gasteiger partial charge in [0.15, 0.2) is 0 Å². The van der Waals surface area contributed by atoms with E-state index in [2.05, 4.69) is 19.2 Å². The normalized spacial score (nSPS) is 14.6. The van der Waals surface area contributed by atoms with Gasteiger partial charge in [-0.25, -0.2) is 4.79 Å². The number of hydrogen-bond donors (Lipinski definition) is 2. The summed E-state index contributed by atoms with van der Waals surface area (Å²) in [6.45, 7) is 10.6. The second-order valence-electron chi connectivity index (χ2n) is 5.50. The average molecular weight is 249 g/mol. The lowest BCUT2D eigenvalue weighted by Crippen LogP contribution is -2.48. The maximum atomic E-state index is 11.6. The summed E-state index contributed by atoms with van der Waals surface area (Å²) in [6, 6.07) is 5.82. The van der Waals surface area contributed by atoms with E-state index < -0.39 is 11.5 Å². The number of aliphatic carboxylic acids is 1. The summed E-state index contributed by atoms with van der Waals surface area (Å²) in [6.07, 6.45) is 0. The molecule has 1 atom stereocenters. The number of hydrogen-bond acceptors (Lipinski definition) is 2. The van der Waals surface area contributed by atoms with Crippen molar-refractivity contribution in [2.75, 3.05) is 6.54 Å². The molecule has 0 heterocycles. The number of carboxylic acids is 1. The third kappa shape index (κ3) is 3.10. The summed E-state index contributed by atoms with van der Waals surface area (Å²) < 4.78 is 0. The molecule has 18 heavy (non-hydrogen) atoms. The van der Waals surface area contributed by atoms with Gasteiger partial charge in [0.05, 0.1) is 0 Å². The number of aryl methyl sites for hydroxylation is 2. The minimum atomic E-state index is -1.03. The third-order valence-corrected chi connectivity index (χ3v) is 3.38. The topological polar surface area (TPSA) is 49.3 Å². The Morgan fingerprint density at radius 2 is 1.94 bits per heavy atom. The van der Waals surface area contributed by atoms with Crippen LogP contribution in [0.4, 0.5) is 0 Å². The van der Waals surface area contributed by atoms with Gasteiger partial charge in [0.25, 0.3) is 0 Å². The Labute approximate surface area is 109 Å². The number of carbonyl (C=O) groups is 1. The van der Waals surface area contributed by atoms with Crippen molar-refractivity contribution >= 4 is 5.97 Å². The summed E-state index contributed by atoms with van der Waals surface area (Å²) in [5.41, 5.74) is 2.07. The Kier molecular flexibility index (Phi) is 4.52. The zero-order chi connectivity index (χ0) is 13.9. The van der Waals surface area contributed by atoms with Crippen LogP contribution in [0.2, 0.25) is 0 Å². The number of benzene rings is 1. The van der Waals surface area contributed by atoms with E-state index in [1.807, 2.05) is 32.0 Å². The molecule has 1 aromatic rings. The van der Waals surface area contributed by atoms with E-state index in [1.54, 1.807) is 6.92 Å². The Balaban J connectivity index is 3.10. The van der Waals surface area contributed by atoms with Gasteiger partial charge in [-0.05, 0) is 49.9 Å². The van der Waals surface area contributed by atoms with Gasteiger partial charge in [-0.3, -0.25) is 5.32 Å². The van der Waals surface area contributed by atoms with E-state index in [1.165, 1.54) is 5.56 Å². The van der Waals surface area contributed by atoms with Crippen LogP contribution >= 0.6 is 0 Å². The maximum Gasteiger partial charge on any atom is 0.328 e. The van der Waals surface area contributed by atoms with Crippen molar-refractivity contribution in [3.05, 3.63) is 34.9 Å². The molecule has 1 aromatic carbocycles. The van der Waals surface area contributed by atoms with Crippen LogP contribution in [-0.2, 0) is 10.3 Å². The van der Waals surface area contributed by atoms with Gasteiger partial charge in [0.1, 0.15) is 5.54 Å². The van der Waals surface area contributed by atoms with Crippen LogP contribution in [0, 0.1) is 19.8 Å². The van der Waals surface area contributed by atoms with E-state index in [9.17, 15) is 9.90 Å². The highest BCUT2D eigenvalue weighted by Crippen LogP contribution is 2.23. The molecule has 2 N–H and O–H groups in total. The van der Waals surface area contributed by atoms with Gasteiger partial charge in [-0.2, -0.15) is 0 Å². The van der Waals surface area contributed by atoms with Gasteiger partial charge in [-0.1, -0.05) is 32.0 Å². The number of rotatable bonds is 5. The highest BCUT2D eigenvalue weighted by atomic mass is 16.4. The minimum absolute atomic E-state index is 0.412. The molecule has 100 valence electrons. The van der Waals surface area contributed by atoms with E-state index in [4.69, 9.17) is 0 Å². The monoisotopic (exact) mass is 249 g/mol. The SMILES string of the molecule is Cc1ccc(C(C)(NCC(C)C)C(=O)O)cc1C. The first-order valence-electron chi connectivity index (χ1n) is 6.33. The lowest BCUT2D eigenvalue weighted by atomic mass is 9.89. The summed E-state index contributed by atoms with van der Waals surface area (Å²) in [5, 5.41) is 12.7. The van der Waals surface area contributed by atoms with Gasteiger partial charge in [0.2, 0.25) is 0 Å². The molecule has 3 heteroatoms. The van der Waals surface area contributed by atoms with Gasteiger partial charge >= 0.3 is 5.97 Å². The Hall–Kier alpha value is -1.35. The molecule has 0 saturated heterocycles. The Bertz CT molecular complexity index is 440. The van der Waals surface area contributed by atoms with Crippen LogP contribution in [0.5, 0.6) is 0 Å². The van der Waals surface area contributed by atoms with Gasteiger partial charge in [-0.15, -0.1) is 0 Å². The lowest BCUT2D eigenvalue weighted by molar-refractivity contribution is -0.144. The van der Waals surface area contributed by atoms with Gasteiger partial charge in [0, 0.05) is 0 Å². The van der Waals surface area contributed by atoms with Crippen molar-refractivity contribution < 1.29 is 9.90 Å². The predicted octanol–water partition coefficient (Wildman–Crippen LogP) is 2.85. The molecule has 0 radical (unpaired) electrons. The van der Waals surface area contributed by atoms with Crippen molar-refractivity contribution in [1.29, 1.82) is 0 Å². The Morgan fingerprint density at radius 1 is 1.33 bits per heavy atom. The Morgan fingerprint density at radius 3 is 2.39 bits per heavy atom. The van der Waals surface area contributed by atoms with Crippen molar-refractivity contribution in [2.24, 2.45) is 5.92 Å². The molecule has 3 nitrogen and oxygen atoms in total. The van der Waals surface area contributed by atoms with Crippen LogP contribution in [-0.4, -0.2) is 17.6 Å². The molecule has 0 aliphatic rings. The standard InChI is InChI=1S/C15H23NO2/c1-10(2)9-16-15(5,14(17)18)13-7-6-11(3)12(4)8-13/h6-8,10,16H,9H2,1-5H3,(H,17,18). The molecule has 1 rings (SSSR count). The van der Waals surface area contributed by atoms with Crippen molar-refractivity contribution in [2.45, 2.75) is 40.2 Å². The lowest BCUT2D eigenvalue weighted by Gasteiger charge is -2.28. The molecule has 0 aromatic heterocycles.